The highest BCUT2D eigenvalue weighted by molar-refractivity contribution is 5.37. The van der Waals surface area contributed by atoms with E-state index in [4.69, 9.17) is 10.5 Å². The lowest BCUT2D eigenvalue weighted by molar-refractivity contribution is 0.0969. The summed E-state index contributed by atoms with van der Waals surface area (Å²) in [6.07, 6.45) is -0.681. The molecular formula is C12H18FNO2. The Bertz CT molecular complexity index is 355. The van der Waals surface area contributed by atoms with Crippen LogP contribution in [0.25, 0.3) is 0 Å². The first-order valence-electron chi connectivity index (χ1n) is 5.24. The molecule has 0 aliphatic heterocycles. The first-order valence-corrected chi connectivity index (χ1v) is 5.24. The Hall–Kier alpha value is -1.13. The second-order valence-corrected chi connectivity index (χ2v) is 4.15. The van der Waals surface area contributed by atoms with Crippen molar-refractivity contribution in [2.45, 2.75) is 26.0 Å². The van der Waals surface area contributed by atoms with Gasteiger partial charge in [-0.1, -0.05) is 19.9 Å². The van der Waals surface area contributed by atoms with Crippen LogP contribution in [0.2, 0.25) is 0 Å². The third-order valence-corrected chi connectivity index (χ3v) is 2.61. The molecule has 0 spiro atoms. The van der Waals surface area contributed by atoms with Crippen LogP contribution in [0.4, 0.5) is 4.39 Å². The van der Waals surface area contributed by atoms with Gasteiger partial charge in [0.25, 0.3) is 0 Å². The number of aliphatic hydroxyl groups excluding tert-OH is 1. The van der Waals surface area contributed by atoms with E-state index in [0.29, 0.717) is 11.3 Å². The van der Waals surface area contributed by atoms with Crippen LogP contribution in [-0.4, -0.2) is 18.3 Å². The fourth-order valence-corrected chi connectivity index (χ4v) is 1.56. The van der Waals surface area contributed by atoms with Crippen molar-refractivity contribution in [3.05, 3.63) is 29.6 Å². The number of nitrogens with two attached hydrogens (primary N) is 1. The van der Waals surface area contributed by atoms with Crippen molar-refractivity contribution in [1.82, 2.24) is 0 Å². The number of ether oxygens (including phenoxy) is 1. The van der Waals surface area contributed by atoms with Gasteiger partial charge < -0.3 is 15.6 Å². The summed E-state index contributed by atoms with van der Waals surface area (Å²) in [6.45, 7) is 3.75. The summed E-state index contributed by atoms with van der Waals surface area (Å²) >= 11 is 0. The number of hydrogen-bond acceptors (Lipinski definition) is 3. The topological polar surface area (TPSA) is 55.5 Å². The van der Waals surface area contributed by atoms with Crippen molar-refractivity contribution in [2.24, 2.45) is 11.7 Å². The van der Waals surface area contributed by atoms with E-state index in [1.165, 1.54) is 19.2 Å². The maximum atomic E-state index is 13.0. The Labute approximate surface area is 95.0 Å². The number of benzene rings is 1. The van der Waals surface area contributed by atoms with Gasteiger partial charge in [0.1, 0.15) is 11.6 Å². The highest BCUT2D eigenvalue weighted by atomic mass is 19.1. The Kier molecular flexibility index (Phi) is 4.26. The number of rotatable bonds is 4. The van der Waals surface area contributed by atoms with E-state index in [-0.39, 0.29) is 11.7 Å². The molecule has 16 heavy (non-hydrogen) atoms. The van der Waals surface area contributed by atoms with E-state index in [2.05, 4.69) is 0 Å². The van der Waals surface area contributed by atoms with E-state index in [0.717, 1.165) is 0 Å². The van der Waals surface area contributed by atoms with Gasteiger partial charge in [-0.05, 0) is 12.0 Å². The van der Waals surface area contributed by atoms with E-state index in [9.17, 15) is 9.50 Å². The lowest BCUT2D eigenvalue weighted by Crippen LogP contribution is -2.30. The van der Waals surface area contributed by atoms with Gasteiger partial charge >= 0.3 is 0 Å². The Morgan fingerprint density at radius 3 is 2.50 bits per heavy atom. The van der Waals surface area contributed by atoms with Crippen molar-refractivity contribution in [3.63, 3.8) is 0 Å². The van der Waals surface area contributed by atoms with Crippen LogP contribution in [-0.2, 0) is 0 Å². The molecule has 0 bridgehead atoms. The van der Waals surface area contributed by atoms with Crippen LogP contribution < -0.4 is 10.5 Å². The SMILES string of the molecule is COc1cc(F)ccc1[C@@H](N)[C@@H](O)C(C)C. The third kappa shape index (κ3) is 2.71. The number of halogens is 1. The molecule has 0 amide bonds. The summed E-state index contributed by atoms with van der Waals surface area (Å²) in [5, 5.41) is 9.86. The zero-order valence-corrected chi connectivity index (χ0v) is 9.77. The lowest BCUT2D eigenvalue weighted by Gasteiger charge is -2.23. The predicted octanol–water partition coefficient (Wildman–Crippen LogP) is 1.85. The van der Waals surface area contributed by atoms with Gasteiger partial charge in [0.05, 0.1) is 19.3 Å². The molecule has 0 aromatic heterocycles. The van der Waals surface area contributed by atoms with Crippen molar-refractivity contribution >= 4 is 0 Å². The van der Waals surface area contributed by atoms with Gasteiger partial charge in [-0.25, -0.2) is 4.39 Å². The fraction of sp³-hybridized carbons (Fsp3) is 0.500. The molecule has 0 saturated carbocycles. The number of methoxy groups -OCH3 is 1. The number of aliphatic hydroxyl groups is 1. The second kappa shape index (κ2) is 5.27. The van der Waals surface area contributed by atoms with Gasteiger partial charge in [-0.15, -0.1) is 0 Å². The predicted molar refractivity (Wildman–Crippen MR) is 60.7 cm³/mol. The molecule has 4 heteroatoms. The molecule has 0 radical (unpaired) electrons. The molecular weight excluding hydrogens is 209 g/mol. The Morgan fingerprint density at radius 1 is 1.38 bits per heavy atom. The van der Waals surface area contributed by atoms with Crippen molar-refractivity contribution in [1.29, 1.82) is 0 Å². The normalized spacial score (nSPS) is 14.9. The van der Waals surface area contributed by atoms with Gasteiger partial charge in [-0.2, -0.15) is 0 Å². The smallest absolute Gasteiger partial charge is 0.126 e. The van der Waals surface area contributed by atoms with Crippen LogP contribution in [0.1, 0.15) is 25.5 Å². The van der Waals surface area contributed by atoms with E-state index in [1.807, 2.05) is 13.8 Å². The minimum absolute atomic E-state index is 0.0322. The van der Waals surface area contributed by atoms with E-state index in [1.54, 1.807) is 6.07 Å². The molecule has 90 valence electrons. The van der Waals surface area contributed by atoms with Crippen molar-refractivity contribution in [3.8, 4) is 5.75 Å². The Balaban J connectivity index is 3.03. The molecule has 0 saturated heterocycles. The lowest BCUT2D eigenvalue weighted by atomic mass is 9.94. The summed E-state index contributed by atoms with van der Waals surface area (Å²) in [7, 11) is 1.45. The Morgan fingerprint density at radius 2 is 2.00 bits per heavy atom. The molecule has 0 heterocycles. The first-order chi connectivity index (χ1) is 7.47. The maximum absolute atomic E-state index is 13.0. The summed E-state index contributed by atoms with van der Waals surface area (Å²) in [5.74, 6) is 0.0174. The quantitative estimate of drug-likeness (QED) is 0.825. The van der Waals surface area contributed by atoms with Crippen molar-refractivity contribution in [2.75, 3.05) is 7.11 Å². The molecule has 3 nitrogen and oxygen atoms in total. The highest BCUT2D eigenvalue weighted by Crippen LogP contribution is 2.28. The summed E-state index contributed by atoms with van der Waals surface area (Å²) < 4.78 is 18.0. The highest BCUT2D eigenvalue weighted by Gasteiger charge is 2.23. The minimum atomic E-state index is -0.681. The standard InChI is InChI=1S/C12H18FNO2/c1-7(2)12(15)11(14)9-5-4-8(13)6-10(9)16-3/h4-7,11-12,15H,14H2,1-3H3/t11-,12+/m1/s1. The van der Waals surface area contributed by atoms with E-state index < -0.39 is 12.1 Å². The summed E-state index contributed by atoms with van der Waals surface area (Å²) in [5.41, 5.74) is 6.53. The average Bonchev–Trinajstić information content (AvgIpc) is 2.26. The van der Waals surface area contributed by atoms with Gasteiger partial charge in [0.15, 0.2) is 0 Å². The van der Waals surface area contributed by atoms with Gasteiger partial charge in [0.2, 0.25) is 0 Å². The van der Waals surface area contributed by atoms with Crippen LogP contribution in [0.15, 0.2) is 18.2 Å². The molecule has 0 aliphatic carbocycles. The summed E-state index contributed by atoms with van der Waals surface area (Å²) in [6, 6.07) is 3.55. The van der Waals surface area contributed by atoms with Crippen LogP contribution in [0.3, 0.4) is 0 Å². The second-order valence-electron chi connectivity index (χ2n) is 4.15. The van der Waals surface area contributed by atoms with Crippen LogP contribution in [0, 0.1) is 11.7 Å². The van der Waals surface area contributed by atoms with E-state index >= 15 is 0 Å². The van der Waals surface area contributed by atoms with Gasteiger partial charge in [-0.3, -0.25) is 0 Å². The molecule has 2 atom stereocenters. The van der Waals surface area contributed by atoms with Crippen molar-refractivity contribution < 1.29 is 14.2 Å². The molecule has 1 aromatic rings. The monoisotopic (exact) mass is 227 g/mol. The zero-order valence-electron chi connectivity index (χ0n) is 9.77. The fourth-order valence-electron chi connectivity index (χ4n) is 1.56. The largest absolute Gasteiger partial charge is 0.496 e. The zero-order chi connectivity index (χ0) is 12.3. The molecule has 3 N–H and O–H groups in total. The summed E-state index contributed by atoms with van der Waals surface area (Å²) in [4.78, 5) is 0. The maximum Gasteiger partial charge on any atom is 0.126 e. The molecule has 0 fully saturated rings. The number of hydrogen-bond donors (Lipinski definition) is 2. The van der Waals surface area contributed by atoms with Gasteiger partial charge in [0, 0.05) is 11.6 Å². The van der Waals surface area contributed by atoms with Crippen LogP contribution >= 0.6 is 0 Å². The molecule has 1 rings (SSSR count). The molecule has 1 aromatic carbocycles. The molecule has 0 unspecified atom stereocenters. The third-order valence-electron chi connectivity index (χ3n) is 2.61. The average molecular weight is 227 g/mol. The minimum Gasteiger partial charge on any atom is -0.496 e. The molecule has 0 aliphatic rings. The first kappa shape index (κ1) is 12.9. The van der Waals surface area contributed by atoms with Crippen LogP contribution in [0.5, 0.6) is 5.75 Å².